The number of amides is 1. The molecule has 0 bridgehead atoms. The molecule has 2 aromatic rings. The summed E-state index contributed by atoms with van der Waals surface area (Å²) >= 11 is 0. The minimum absolute atomic E-state index is 0.0664. The number of anilines is 1. The Morgan fingerprint density at radius 2 is 1.74 bits per heavy atom. The Morgan fingerprint density at radius 1 is 1.00 bits per heavy atom. The number of piperazine rings is 1. The molecule has 34 heavy (non-hydrogen) atoms. The number of carbonyl (C=O) groups excluding carboxylic acids is 1. The maximum absolute atomic E-state index is 13.4. The Balaban J connectivity index is 1.43. The van der Waals surface area contributed by atoms with Crippen LogP contribution in [0.25, 0.3) is 0 Å². The summed E-state index contributed by atoms with van der Waals surface area (Å²) in [6, 6.07) is 11.5. The van der Waals surface area contributed by atoms with Crippen molar-refractivity contribution in [2.45, 2.75) is 38.5 Å². The molecule has 7 nitrogen and oxygen atoms in total. The highest BCUT2D eigenvalue weighted by Gasteiger charge is 2.37. The normalized spacial score (nSPS) is 19.8. The maximum Gasteiger partial charge on any atom is 0.246 e. The van der Waals surface area contributed by atoms with Crippen LogP contribution >= 0.6 is 0 Å². The van der Waals surface area contributed by atoms with Gasteiger partial charge in [-0.25, -0.2) is 8.42 Å². The van der Waals surface area contributed by atoms with Crippen molar-refractivity contribution < 1.29 is 17.9 Å². The Kier molecular flexibility index (Phi) is 7.19. The highest BCUT2D eigenvalue weighted by atomic mass is 32.2. The summed E-state index contributed by atoms with van der Waals surface area (Å²) in [6.07, 6.45) is 1.39. The van der Waals surface area contributed by atoms with Crippen LogP contribution in [0.2, 0.25) is 0 Å². The molecule has 0 radical (unpaired) electrons. The summed E-state index contributed by atoms with van der Waals surface area (Å²) in [6.45, 7) is 9.63. The molecule has 2 heterocycles. The molecule has 8 heteroatoms. The summed E-state index contributed by atoms with van der Waals surface area (Å²) < 4.78 is 33.7. The molecule has 0 aliphatic carbocycles. The van der Waals surface area contributed by atoms with Crippen molar-refractivity contribution in [3.63, 3.8) is 0 Å². The van der Waals surface area contributed by atoms with Gasteiger partial charge in [0.2, 0.25) is 15.9 Å². The standard InChI is InChI=1S/C26H35N3O4S/c1-19-10-11-24(33-4)25(17-19)34(31,32)29-12-6-8-22(18-29)26(30)28-15-13-27(14-16-28)23-9-5-7-20(2)21(23)3/h5,7,9-11,17,22H,6,8,12-16,18H2,1-4H3/t22-/m1/s1. The smallest absolute Gasteiger partial charge is 0.246 e. The van der Waals surface area contributed by atoms with Gasteiger partial charge in [-0.1, -0.05) is 18.2 Å². The summed E-state index contributed by atoms with van der Waals surface area (Å²) in [5.74, 6) is 0.0879. The van der Waals surface area contributed by atoms with Crippen molar-refractivity contribution in [2.24, 2.45) is 5.92 Å². The zero-order valence-corrected chi connectivity index (χ0v) is 21.4. The van der Waals surface area contributed by atoms with Gasteiger partial charge in [0.25, 0.3) is 0 Å². The molecule has 0 spiro atoms. The fourth-order valence-corrected chi connectivity index (χ4v) is 6.76. The molecule has 2 fully saturated rings. The van der Waals surface area contributed by atoms with E-state index in [1.54, 1.807) is 12.1 Å². The quantitative estimate of drug-likeness (QED) is 0.650. The average molecular weight is 486 g/mol. The van der Waals surface area contributed by atoms with Gasteiger partial charge in [-0.3, -0.25) is 4.79 Å². The Bertz CT molecular complexity index is 1160. The largest absolute Gasteiger partial charge is 0.495 e. The second-order valence-electron chi connectivity index (χ2n) is 9.39. The van der Waals surface area contributed by atoms with E-state index in [1.165, 1.54) is 28.2 Å². The summed E-state index contributed by atoms with van der Waals surface area (Å²) in [5, 5.41) is 0. The Labute approximate surface area is 203 Å². The second kappa shape index (κ2) is 9.96. The molecule has 0 aromatic heterocycles. The predicted octanol–water partition coefficient (Wildman–Crippen LogP) is 3.37. The lowest BCUT2D eigenvalue weighted by Gasteiger charge is -2.40. The maximum atomic E-state index is 13.4. The summed E-state index contributed by atoms with van der Waals surface area (Å²) in [4.78, 5) is 17.8. The first kappa shape index (κ1) is 24.5. The van der Waals surface area contributed by atoms with Crippen molar-refractivity contribution >= 4 is 21.6 Å². The topological polar surface area (TPSA) is 70.2 Å². The summed E-state index contributed by atoms with van der Waals surface area (Å²) in [7, 11) is -2.27. The van der Waals surface area contributed by atoms with Crippen molar-refractivity contribution in [1.29, 1.82) is 0 Å². The van der Waals surface area contributed by atoms with Crippen LogP contribution in [0.3, 0.4) is 0 Å². The SMILES string of the molecule is COc1ccc(C)cc1S(=O)(=O)N1CCC[C@@H](C(=O)N2CCN(c3cccc(C)c3C)CC2)C1. The van der Waals surface area contributed by atoms with Gasteiger partial charge in [0.05, 0.1) is 13.0 Å². The number of hydrogen-bond donors (Lipinski definition) is 0. The van der Waals surface area contributed by atoms with Gasteiger partial charge in [-0.05, 0) is 68.5 Å². The van der Waals surface area contributed by atoms with Crippen LogP contribution in [-0.2, 0) is 14.8 Å². The van der Waals surface area contributed by atoms with Crippen LogP contribution in [0.5, 0.6) is 5.75 Å². The molecular formula is C26H35N3O4S. The third-order valence-corrected chi connectivity index (χ3v) is 9.06. The number of hydrogen-bond acceptors (Lipinski definition) is 5. The third-order valence-electron chi connectivity index (χ3n) is 7.18. The number of benzene rings is 2. The second-order valence-corrected chi connectivity index (χ2v) is 11.3. The van der Waals surface area contributed by atoms with Crippen molar-refractivity contribution in [1.82, 2.24) is 9.21 Å². The number of methoxy groups -OCH3 is 1. The van der Waals surface area contributed by atoms with Gasteiger partial charge in [0, 0.05) is 45.0 Å². The van der Waals surface area contributed by atoms with Crippen LogP contribution in [0.1, 0.15) is 29.5 Å². The van der Waals surface area contributed by atoms with E-state index in [9.17, 15) is 13.2 Å². The van der Waals surface area contributed by atoms with Crippen molar-refractivity contribution in [3.05, 3.63) is 53.1 Å². The third kappa shape index (κ3) is 4.79. The molecule has 4 rings (SSSR count). The van der Waals surface area contributed by atoms with E-state index >= 15 is 0 Å². The number of aryl methyl sites for hydroxylation is 2. The molecule has 0 N–H and O–H groups in total. The molecule has 1 atom stereocenters. The average Bonchev–Trinajstić information content (AvgIpc) is 2.85. The Morgan fingerprint density at radius 3 is 2.44 bits per heavy atom. The van der Waals surface area contributed by atoms with Gasteiger partial charge in [0.1, 0.15) is 10.6 Å². The van der Waals surface area contributed by atoms with E-state index in [0.717, 1.165) is 18.7 Å². The number of nitrogens with zero attached hydrogens (tertiary/aromatic N) is 3. The minimum Gasteiger partial charge on any atom is -0.495 e. The van der Waals surface area contributed by atoms with Gasteiger partial charge in [-0.2, -0.15) is 4.31 Å². The first-order valence-electron chi connectivity index (χ1n) is 12.0. The van der Waals surface area contributed by atoms with Crippen molar-refractivity contribution in [2.75, 3.05) is 51.3 Å². The van der Waals surface area contributed by atoms with Crippen LogP contribution < -0.4 is 9.64 Å². The van der Waals surface area contributed by atoms with Crippen molar-refractivity contribution in [3.8, 4) is 5.75 Å². The van der Waals surface area contributed by atoms with Crippen LogP contribution in [-0.4, -0.2) is 69.9 Å². The molecule has 0 unspecified atom stereocenters. The lowest BCUT2D eigenvalue weighted by molar-refractivity contribution is -0.137. The van der Waals surface area contributed by atoms with Crippen LogP contribution in [0, 0.1) is 26.7 Å². The highest BCUT2D eigenvalue weighted by molar-refractivity contribution is 7.89. The fourth-order valence-electron chi connectivity index (χ4n) is 4.99. The molecule has 2 aromatic carbocycles. The van der Waals surface area contributed by atoms with E-state index in [0.29, 0.717) is 38.2 Å². The Hall–Kier alpha value is -2.58. The predicted molar refractivity (Wildman–Crippen MR) is 134 cm³/mol. The highest BCUT2D eigenvalue weighted by Crippen LogP contribution is 2.31. The molecular weight excluding hydrogens is 450 g/mol. The molecule has 0 saturated carbocycles. The molecule has 184 valence electrons. The van der Waals surface area contributed by atoms with E-state index < -0.39 is 10.0 Å². The summed E-state index contributed by atoms with van der Waals surface area (Å²) in [5.41, 5.74) is 4.63. The minimum atomic E-state index is -3.75. The number of ether oxygens (including phenoxy) is 1. The van der Waals surface area contributed by atoms with Gasteiger partial charge in [-0.15, -0.1) is 0 Å². The van der Waals surface area contributed by atoms with Crippen LogP contribution in [0.15, 0.2) is 41.3 Å². The first-order valence-corrected chi connectivity index (χ1v) is 13.4. The van der Waals surface area contributed by atoms with Gasteiger partial charge in [0.15, 0.2) is 0 Å². The fraction of sp³-hybridized carbons (Fsp3) is 0.500. The van der Waals surface area contributed by atoms with Crippen LogP contribution in [0.4, 0.5) is 5.69 Å². The number of carbonyl (C=O) groups is 1. The lowest BCUT2D eigenvalue weighted by Crippen LogP contribution is -2.53. The molecule has 2 saturated heterocycles. The number of rotatable bonds is 5. The molecule has 1 amide bonds. The first-order chi connectivity index (χ1) is 16.2. The number of piperidine rings is 1. The van der Waals surface area contributed by atoms with E-state index in [-0.39, 0.29) is 23.3 Å². The molecule has 2 aliphatic heterocycles. The van der Waals surface area contributed by atoms with E-state index in [1.807, 2.05) is 17.9 Å². The monoisotopic (exact) mass is 485 g/mol. The van der Waals surface area contributed by atoms with Gasteiger partial charge < -0.3 is 14.5 Å². The zero-order chi connectivity index (χ0) is 24.5. The molecule has 2 aliphatic rings. The van der Waals surface area contributed by atoms with E-state index in [4.69, 9.17) is 4.74 Å². The zero-order valence-electron chi connectivity index (χ0n) is 20.6. The number of sulfonamides is 1. The van der Waals surface area contributed by atoms with E-state index in [2.05, 4.69) is 36.9 Å². The lowest BCUT2D eigenvalue weighted by atomic mass is 9.97. The van der Waals surface area contributed by atoms with Gasteiger partial charge >= 0.3 is 0 Å².